The highest BCUT2D eigenvalue weighted by Crippen LogP contribution is 2.17. The number of nitrogens with one attached hydrogen (secondary N) is 1. The quantitative estimate of drug-likeness (QED) is 0.882. The topological polar surface area (TPSA) is 61.8 Å². The summed E-state index contributed by atoms with van der Waals surface area (Å²) in [5.74, 6) is -0.182. The third-order valence-electron chi connectivity index (χ3n) is 4.15. The van der Waals surface area contributed by atoms with Crippen molar-refractivity contribution in [3.63, 3.8) is 0 Å². The number of rotatable bonds is 5. The van der Waals surface area contributed by atoms with E-state index in [1.54, 1.807) is 0 Å². The fourth-order valence-corrected chi connectivity index (χ4v) is 2.73. The molecular formula is C19H22N2O3. The molecule has 1 aliphatic rings. The molecule has 1 fully saturated rings. The zero-order chi connectivity index (χ0) is 16.8. The molecule has 24 heavy (non-hydrogen) atoms. The van der Waals surface area contributed by atoms with Gasteiger partial charge < -0.3 is 20.1 Å². The van der Waals surface area contributed by atoms with Gasteiger partial charge in [-0.2, -0.15) is 0 Å². The number of hydrogen-bond acceptors (Lipinski definition) is 4. The van der Waals surface area contributed by atoms with Crippen LogP contribution >= 0.6 is 0 Å². The van der Waals surface area contributed by atoms with Gasteiger partial charge in [-0.25, -0.2) is 0 Å². The molecule has 2 N–H and O–H groups in total. The molecular weight excluding hydrogens is 304 g/mol. The zero-order valence-corrected chi connectivity index (χ0v) is 13.5. The van der Waals surface area contributed by atoms with Crippen LogP contribution in [0.4, 0.5) is 5.69 Å². The Morgan fingerprint density at radius 1 is 1.08 bits per heavy atom. The number of aliphatic hydroxyl groups excluding tert-OH is 1. The molecule has 5 heteroatoms. The predicted octanol–water partition coefficient (Wildman–Crippen LogP) is 1.99. The van der Waals surface area contributed by atoms with Crippen LogP contribution in [-0.4, -0.2) is 43.9 Å². The molecule has 0 saturated carbocycles. The molecule has 3 rings (SSSR count). The van der Waals surface area contributed by atoms with E-state index in [9.17, 15) is 9.90 Å². The highest BCUT2D eigenvalue weighted by Gasteiger charge is 2.13. The second kappa shape index (κ2) is 7.95. The number of benzene rings is 2. The van der Waals surface area contributed by atoms with Gasteiger partial charge in [-0.1, -0.05) is 30.3 Å². The molecule has 1 heterocycles. The van der Waals surface area contributed by atoms with Crippen LogP contribution in [0.1, 0.15) is 22.0 Å². The van der Waals surface area contributed by atoms with Gasteiger partial charge >= 0.3 is 0 Å². The highest BCUT2D eigenvalue weighted by molar-refractivity contribution is 5.94. The zero-order valence-electron chi connectivity index (χ0n) is 13.5. The number of morpholine rings is 1. The molecule has 2 aromatic rings. The molecule has 1 amide bonds. The van der Waals surface area contributed by atoms with E-state index in [2.05, 4.69) is 10.2 Å². The fourth-order valence-electron chi connectivity index (χ4n) is 2.73. The summed E-state index contributed by atoms with van der Waals surface area (Å²) < 4.78 is 5.34. The Morgan fingerprint density at radius 3 is 2.42 bits per heavy atom. The number of anilines is 1. The second-order valence-electron chi connectivity index (χ2n) is 5.78. The average molecular weight is 326 g/mol. The van der Waals surface area contributed by atoms with Crippen LogP contribution in [0.15, 0.2) is 54.6 Å². The predicted molar refractivity (Wildman–Crippen MR) is 93.2 cm³/mol. The normalized spacial score (nSPS) is 15.8. The first-order valence-corrected chi connectivity index (χ1v) is 8.18. The van der Waals surface area contributed by atoms with Crippen molar-refractivity contribution in [1.29, 1.82) is 0 Å². The lowest BCUT2D eigenvalue weighted by molar-refractivity contribution is 0.0916. The fraction of sp³-hybridized carbons (Fsp3) is 0.316. The van der Waals surface area contributed by atoms with E-state index in [0.29, 0.717) is 5.56 Å². The lowest BCUT2D eigenvalue weighted by atomic mass is 10.1. The lowest BCUT2D eigenvalue weighted by Gasteiger charge is -2.28. The smallest absolute Gasteiger partial charge is 0.251 e. The van der Waals surface area contributed by atoms with Gasteiger partial charge in [-0.15, -0.1) is 0 Å². The summed E-state index contributed by atoms with van der Waals surface area (Å²) in [4.78, 5) is 14.5. The minimum Gasteiger partial charge on any atom is -0.387 e. The average Bonchev–Trinajstić information content (AvgIpc) is 2.67. The van der Waals surface area contributed by atoms with E-state index in [1.807, 2.05) is 54.6 Å². The Balaban J connectivity index is 1.55. The molecule has 0 aromatic heterocycles. The number of hydrogen-bond donors (Lipinski definition) is 2. The van der Waals surface area contributed by atoms with Crippen molar-refractivity contribution in [2.45, 2.75) is 6.10 Å². The van der Waals surface area contributed by atoms with Crippen LogP contribution in [0.2, 0.25) is 0 Å². The molecule has 2 aromatic carbocycles. The summed E-state index contributed by atoms with van der Waals surface area (Å²) in [5, 5.41) is 12.9. The first kappa shape index (κ1) is 16.5. The monoisotopic (exact) mass is 326 g/mol. The summed E-state index contributed by atoms with van der Waals surface area (Å²) in [7, 11) is 0. The van der Waals surface area contributed by atoms with Crippen LogP contribution in [-0.2, 0) is 4.74 Å². The van der Waals surface area contributed by atoms with Gasteiger partial charge in [0.25, 0.3) is 5.91 Å². The van der Waals surface area contributed by atoms with Crippen LogP contribution in [0.5, 0.6) is 0 Å². The van der Waals surface area contributed by atoms with Crippen molar-refractivity contribution in [3.05, 3.63) is 65.7 Å². The number of amides is 1. The first-order valence-electron chi connectivity index (χ1n) is 8.18. The highest BCUT2D eigenvalue weighted by atomic mass is 16.5. The van der Waals surface area contributed by atoms with Gasteiger partial charge in [-0.3, -0.25) is 4.79 Å². The van der Waals surface area contributed by atoms with Crippen molar-refractivity contribution in [2.24, 2.45) is 0 Å². The maximum Gasteiger partial charge on any atom is 0.251 e. The van der Waals surface area contributed by atoms with E-state index in [1.165, 1.54) is 0 Å². The van der Waals surface area contributed by atoms with Crippen LogP contribution in [0.25, 0.3) is 0 Å². The maximum absolute atomic E-state index is 12.2. The first-order chi connectivity index (χ1) is 11.7. The molecule has 0 unspecified atom stereocenters. The van der Waals surface area contributed by atoms with Crippen molar-refractivity contribution in [2.75, 3.05) is 37.7 Å². The summed E-state index contributed by atoms with van der Waals surface area (Å²) in [6.07, 6.45) is -0.706. The van der Waals surface area contributed by atoms with Crippen molar-refractivity contribution in [1.82, 2.24) is 5.32 Å². The summed E-state index contributed by atoms with van der Waals surface area (Å²) >= 11 is 0. The Labute approximate surface area is 141 Å². The molecule has 1 saturated heterocycles. The molecule has 1 aliphatic heterocycles. The summed E-state index contributed by atoms with van der Waals surface area (Å²) in [6, 6.07) is 16.8. The van der Waals surface area contributed by atoms with Crippen molar-refractivity contribution >= 4 is 11.6 Å². The number of ether oxygens (including phenoxy) is 1. The second-order valence-corrected chi connectivity index (χ2v) is 5.78. The van der Waals surface area contributed by atoms with Gasteiger partial charge in [-0.05, 0) is 29.8 Å². The van der Waals surface area contributed by atoms with Crippen molar-refractivity contribution < 1.29 is 14.6 Å². The lowest BCUT2D eigenvalue weighted by Crippen LogP contribution is -2.36. The summed E-state index contributed by atoms with van der Waals surface area (Å²) in [5.41, 5.74) is 2.48. The maximum atomic E-state index is 12.2. The molecule has 0 aliphatic carbocycles. The summed E-state index contributed by atoms with van der Waals surface area (Å²) in [6.45, 7) is 3.40. The third-order valence-corrected chi connectivity index (χ3v) is 4.15. The minimum absolute atomic E-state index is 0.182. The van der Waals surface area contributed by atoms with E-state index < -0.39 is 6.10 Å². The number of aliphatic hydroxyl groups is 1. The Bertz CT molecular complexity index is 652. The molecule has 1 atom stereocenters. The van der Waals surface area contributed by atoms with Gasteiger partial charge in [0.15, 0.2) is 0 Å². The van der Waals surface area contributed by atoms with Crippen molar-refractivity contribution in [3.8, 4) is 0 Å². The molecule has 0 spiro atoms. The number of carbonyl (C=O) groups is 1. The molecule has 0 radical (unpaired) electrons. The molecule has 0 bridgehead atoms. The van der Waals surface area contributed by atoms with Gasteiger partial charge in [0.05, 0.1) is 19.3 Å². The van der Waals surface area contributed by atoms with Gasteiger partial charge in [0.2, 0.25) is 0 Å². The Hall–Kier alpha value is -2.37. The van der Waals surface area contributed by atoms with E-state index in [4.69, 9.17) is 4.74 Å². The Morgan fingerprint density at radius 2 is 1.75 bits per heavy atom. The van der Waals surface area contributed by atoms with Crippen LogP contribution in [0.3, 0.4) is 0 Å². The minimum atomic E-state index is -0.706. The largest absolute Gasteiger partial charge is 0.387 e. The van der Waals surface area contributed by atoms with Gasteiger partial charge in [0, 0.05) is 30.9 Å². The SMILES string of the molecule is O=C(NC[C@@H](O)c1ccccc1)c1ccc(N2CCOCC2)cc1. The molecule has 5 nitrogen and oxygen atoms in total. The number of nitrogens with zero attached hydrogens (tertiary/aromatic N) is 1. The van der Waals surface area contributed by atoms with Crippen LogP contribution in [0, 0.1) is 0 Å². The van der Waals surface area contributed by atoms with E-state index in [-0.39, 0.29) is 12.5 Å². The standard InChI is InChI=1S/C19H22N2O3/c22-18(15-4-2-1-3-5-15)14-20-19(23)16-6-8-17(9-7-16)21-10-12-24-13-11-21/h1-9,18,22H,10-14H2,(H,20,23)/t18-/m1/s1. The Kier molecular flexibility index (Phi) is 5.46. The van der Waals surface area contributed by atoms with E-state index >= 15 is 0 Å². The van der Waals surface area contributed by atoms with E-state index in [0.717, 1.165) is 37.6 Å². The molecule has 126 valence electrons. The number of carbonyl (C=O) groups excluding carboxylic acids is 1. The van der Waals surface area contributed by atoms with Crippen LogP contribution < -0.4 is 10.2 Å². The van der Waals surface area contributed by atoms with Gasteiger partial charge in [0.1, 0.15) is 0 Å². The third kappa shape index (κ3) is 4.13.